The minimum atomic E-state index is -0.187. The second kappa shape index (κ2) is 7.66. The first-order valence-corrected chi connectivity index (χ1v) is 9.15. The summed E-state index contributed by atoms with van der Waals surface area (Å²) in [5, 5.41) is 12.1. The molecule has 6 heteroatoms. The largest absolute Gasteiger partial charge is 0.322 e. The van der Waals surface area contributed by atoms with E-state index in [1.54, 1.807) is 28.9 Å². The highest BCUT2D eigenvalue weighted by atomic mass is 35.5. The van der Waals surface area contributed by atoms with Crippen molar-refractivity contribution in [3.63, 3.8) is 0 Å². The Kier molecular flexibility index (Phi) is 4.91. The molecule has 1 amide bonds. The van der Waals surface area contributed by atoms with Gasteiger partial charge in [0.05, 0.1) is 11.4 Å². The van der Waals surface area contributed by atoms with E-state index in [4.69, 9.17) is 11.6 Å². The second-order valence-corrected chi connectivity index (χ2v) is 6.75. The van der Waals surface area contributed by atoms with Gasteiger partial charge in [-0.2, -0.15) is 0 Å². The highest BCUT2D eigenvalue weighted by Crippen LogP contribution is 2.23. The molecule has 0 aliphatic heterocycles. The lowest BCUT2D eigenvalue weighted by molar-refractivity contribution is 0.102. The van der Waals surface area contributed by atoms with Gasteiger partial charge in [-0.05, 0) is 55.5 Å². The van der Waals surface area contributed by atoms with Gasteiger partial charge in [0.15, 0.2) is 0 Å². The molecule has 0 saturated carbocycles. The lowest BCUT2D eigenvalue weighted by Crippen LogP contribution is -2.11. The molecule has 0 radical (unpaired) electrons. The molecule has 0 bridgehead atoms. The Morgan fingerprint density at radius 1 is 0.929 bits per heavy atom. The molecule has 0 fully saturated rings. The molecule has 0 atom stereocenters. The Morgan fingerprint density at radius 3 is 2.29 bits per heavy atom. The minimum absolute atomic E-state index is 0.187. The summed E-state index contributed by atoms with van der Waals surface area (Å²) < 4.78 is 1.78. The molecule has 0 saturated heterocycles. The molecule has 0 unspecified atom stereocenters. The summed E-state index contributed by atoms with van der Waals surface area (Å²) in [6.07, 6.45) is 0. The standard InChI is InChI=1S/C22H17ClN4O/c1-15-21(16-5-3-2-4-6-16)25-26-27(15)20-13-11-19(12-14-20)24-22(28)17-7-9-18(23)10-8-17/h2-14H,1H3,(H,24,28). The lowest BCUT2D eigenvalue weighted by Gasteiger charge is -2.08. The first kappa shape index (κ1) is 17.9. The van der Waals surface area contributed by atoms with E-state index in [1.165, 1.54) is 0 Å². The summed E-state index contributed by atoms with van der Waals surface area (Å²) in [7, 11) is 0. The van der Waals surface area contributed by atoms with Crippen LogP contribution >= 0.6 is 11.6 Å². The normalized spacial score (nSPS) is 10.6. The summed E-state index contributed by atoms with van der Waals surface area (Å²) in [6.45, 7) is 1.98. The number of carbonyl (C=O) groups excluding carboxylic acids is 1. The van der Waals surface area contributed by atoms with Crippen LogP contribution in [-0.2, 0) is 0 Å². The number of hydrogen-bond donors (Lipinski definition) is 1. The van der Waals surface area contributed by atoms with Crippen molar-refractivity contribution in [2.45, 2.75) is 6.92 Å². The van der Waals surface area contributed by atoms with Crippen LogP contribution in [0.3, 0.4) is 0 Å². The number of aromatic nitrogens is 3. The van der Waals surface area contributed by atoms with Crippen LogP contribution in [-0.4, -0.2) is 20.9 Å². The number of benzene rings is 3. The second-order valence-electron chi connectivity index (χ2n) is 6.31. The van der Waals surface area contributed by atoms with Gasteiger partial charge < -0.3 is 5.32 Å². The highest BCUT2D eigenvalue weighted by Gasteiger charge is 2.12. The van der Waals surface area contributed by atoms with Crippen LogP contribution in [0, 0.1) is 6.92 Å². The first-order valence-electron chi connectivity index (χ1n) is 8.77. The van der Waals surface area contributed by atoms with Crippen LogP contribution in [0.4, 0.5) is 5.69 Å². The van der Waals surface area contributed by atoms with Crippen LogP contribution in [0.1, 0.15) is 16.1 Å². The van der Waals surface area contributed by atoms with Crippen LogP contribution in [0.25, 0.3) is 16.9 Å². The van der Waals surface area contributed by atoms with Crippen molar-refractivity contribution in [3.05, 3.63) is 95.1 Å². The van der Waals surface area contributed by atoms with Crippen molar-refractivity contribution in [2.75, 3.05) is 5.32 Å². The number of nitrogens with one attached hydrogen (secondary N) is 1. The third kappa shape index (κ3) is 3.66. The predicted molar refractivity (Wildman–Crippen MR) is 111 cm³/mol. The van der Waals surface area contributed by atoms with Gasteiger partial charge in [0.2, 0.25) is 0 Å². The van der Waals surface area contributed by atoms with Crippen molar-refractivity contribution >= 4 is 23.2 Å². The molecule has 1 aromatic heterocycles. The Hall–Kier alpha value is -3.44. The van der Waals surface area contributed by atoms with Crippen molar-refractivity contribution in [1.82, 2.24) is 15.0 Å². The smallest absolute Gasteiger partial charge is 0.255 e. The molecule has 138 valence electrons. The number of anilines is 1. The maximum absolute atomic E-state index is 12.3. The van der Waals surface area contributed by atoms with Gasteiger partial charge in [0.25, 0.3) is 5.91 Å². The third-order valence-corrected chi connectivity index (χ3v) is 4.67. The first-order chi connectivity index (χ1) is 13.6. The minimum Gasteiger partial charge on any atom is -0.322 e. The molecular formula is C22H17ClN4O. The van der Waals surface area contributed by atoms with Gasteiger partial charge >= 0.3 is 0 Å². The number of rotatable bonds is 4. The quantitative estimate of drug-likeness (QED) is 0.526. The van der Waals surface area contributed by atoms with Crippen LogP contribution in [0.2, 0.25) is 5.02 Å². The molecule has 0 aliphatic carbocycles. The van der Waals surface area contributed by atoms with Crippen molar-refractivity contribution in [1.29, 1.82) is 0 Å². The van der Waals surface area contributed by atoms with E-state index in [9.17, 15) is 4.79 Å². The van der Waals surface area contributed by atoms with Crippen LogP contribution in [0.15, 0.2) is 78.9 Å². The summed E-state index contributed by atoms with van der Waals surface area (Å²) >= 11 is 5.86. The lowest BCUT2D eigenvalue weighted by atomic mass is 10.1. The highest BCUT2D eigenvalue weighted by molar-refractivity contribution is 6.30. The van der Waals surface area contributed by atoms with Gasteiger partial charge in [-0.25, -0.2) is 4.68 Å². The third-order valence-electron chi connectivity index (χ3n) is 4.42. The molecule has 0 spiro atoms. The van der Waals surface area contributed by atoms with E-state index in [0.717, 1.165) is 22.6 Å². The topological polar surface area (TPSA) is 59.8 Å². The number of carbonyl (C=O) groups is 1. The number of hydrogen-bond acceptors (Lipinski definition) is 3. The Bertz CT molecular complexity index is 1100. The van der Waals surface area contributed by atoms with Crippen LogP contribution < -0.4 is 5.32 Å². The van der Waals surface area contributed by atoms with Crippen molar-refractivity contribution < 1.29 is 4.79 Å². The molecule has 4 rings (SSSR count). The number of halogens is 1. The SMILES string of the molecule is Cc1c(-c2ccccc2)nnn1-c1ccc(NC(=O)c2ccc(Cl)cc2)cc1. The van der Waals surface area contributed by atoms with Crippen molar-refractivity contribution in [2.24, 2.45) is 0 Å². The summed E-state index contributed by atoms with van der Waals surface area (Å²) in [5.41, 5.74) is 4.94. The van der Waals surface area contributed by atoms with Gasteiger partial charge in [0, 0.05) is 21.8 Å². The fraction of sp³-hybridized carbons (Fsp3) is 0.0455. The Labute approximate surface area is 167 Å². The van der Waals surface area contributed by atoms with E-state index < -0.39 is 0 Å². The van der Waals surface area contributed by atoms with Gasteiger partial charge in [-0.1, -0.05) is 47.1 Å². The fourth-order valence-corrected chi connectivity index (χ4v) is 3.05. The van der Waals surface area contributed by atoms with E-state index in [1.807, 2.05) is 61.5 Å². The number of amides is 1. The fourth-order valence-electron chi connectivity index (χ4n) is 2.93. The van der Waals surface area contributed by atoms with Crippen LogP contribution in [0.5, 0.6) is 0 Å². The van der Waals surface area contributed by atoms with Crippen molar-refractivity contribution in [3.8, 4) is 16.9 Å². The summed E-state index contributed by atoms with van der Waals surface area (Å²) in [4.78, 5) is 12.3. The summed E-state index contributed by atoms with van der Waals surface area (Å²) in [5.74, 6) is -0.187. The summed E-state index contributed by atoms with van der Waals surface area (Å²) in [6, 6.07) is 24.2. The molecule has 1 N–H and O–H groups in total. The molecular weight excluding hydrogens is 372 g/mol. The molecule has 5 nitrogen and oxygen atoms in total. The van der Waals surface area contributed by atoms with E-state index in [0.29, 0.717) is 16.3 Å². The monoisotopic (exact) mass is 388 g/mol. The average Bonchev–Trinajstić information content (AvgIpc) is 3.11. The van der Waals surface area contributed by atoms with Gasteiger partial charge in [-0.3, -0.25) is 4.79 Å². The number of nitrogens with zero attached hydrogens (tertiary/aromatic N) is 3. The zero-order valence-corrected chi connectivity index (χ0v) is 15.9. The van der Waals surface area contributed by atoms with Gasteiger partial charge in [0.1, 0.15) is 5.69 Å². The van der Waals surface area contributed by atoms with E-state index in [2.05, 4.69) is 15.6 Å². The molecule has 28 heavy (non-hydrogen) atoms. The maximum atomic E-state index is 12.3. The van der Waals surface area contributed by atoms with E-state index >= 15 is 0 Å². The van der Waals surface area contributed by atoms with Gasteiger partial charge in [-0.15, -0.1) is 5.10 Å². The predicted octanol–water partition coefficient (Wildman–Crippen LogP) is 5.15. The zero-order chi connectivity index (χ0) is 19.5. The molecule has 0 aliphatic rings. The molecule has 3 aromatic carbocycles. The molecule has 1 heterocycles. The zero-order valence-electron chi connectivity index (χ0n) is 15.1. The Balaban J connectivity index is 1.53. The Morgan fingerprint density at radius 2 is 1.61 bits per heavy atom. The molecule has 4 aromatic rings. The van der Waals surface area contributed by atoms with E-state index in [-0.39, 0.29) is 5.91 Å². The maximum Gasteiger partial charge on any atom is 0.255 e. The average molecular weight is 389 g/mol.